The molecule has 1 unspecified atom stereocenters. The molecule has 1 atom stereocenters. The van der Waals surface area contributed by atoms with Crippen molar-refractivity contribution in [2.45, 2.75) is 52.1 Å². The number of nitrogens with two attached hydrogens (primary N) is 1. The highest BCUT2D eigenvalue weighted by atomic mass is 16.5. The third-order valence-electron chi connectivity index (χ3n) is 4.35. The molecule has 0 spiro atoms. The van der Waals surface area contributed by atoms with Crippen molar-refractivity contribution in [2.24, 2.45) is 17.1 Å². The van der Waals surface area contributed by atoms with Gasteiger partial charge in [-0.2, -0.15) is 0 Å². The first-order valence-corrected chi connectivity index (χ1v) is 6.47. The highest BCUT2D eigenvalue weighted by molar-refractivity contribution is 4.99. The van der Waals surface area contributed by atoms with E-state index in [1.807, 2.05) is 13.8 Å². The lowest BCUT2D eigenvalue weighted by atomic mass is 9.62. The van der Waals surface area contributed by atoms with E-state index in [-0.39, 0.29) is 5.41 Å². The molecule has 1 aliphatic rings. The van der Waals surface area contributed by atoms with Crippen LogP contribution in [0.15, 0.2) is 0 Å². The van der Waals surface area contributed by atoms with Crippen molar-refractivity contribution in [1.82, 2.24) is 0 Å². The molecular weight excluding hydrogens is 202 g/mol. The first kappa shape index (κ1) is 13.9. The van der Waals surface area contributed by atoms with E-state index in [0.29, 0.717) is 19.8 Å². The normalized spacial score (nSPS) is 34.7. The molecule has 0 aliphatic heterocycles. The average molecular weight is 229 g/mol. The van der Waals surface area contributed by atoms with Crippen molar-refractivity contribution in [2.75, 3.05) is 19.8 Å². The maximum atomic E-state index is 10.6. The third-order valence-corrected chi connectivity index (χ3v) is 4.35. The SMILES string of the molecule is CCOCC(C)(O)C1(CN)CCC(C)CC1. The summed E-state index contributed by atoms with van der Waals surface area (Å²) >= 11 is 0. The Bertz CT molecular complexity index is 208. The predicted molar refractivity (Wildman–Crippen MR) is 66.2 cm³/mol. The Morgan fingerprint density at radius 2 is 2.00 bits per heavy atom. The van der Waals surface area contributed by atoms with Gasteiger partial charge in [-0.1, -0.05) is 19.8 Å². The van der Waals surface area contributed by atoms with Gasteiger partial charge in [0.2, 0.25) is 0 Å². The second kappa shape index (κ2) is 5.48. The zero-order valence-corrected chi connectivity index (χ0v) is 11.0. The second-order valence-electron chi connectivity index (χ2n) is 5.58. The molecule has 3 heteroatoms. The van der Waals surface area contributed by atoms with Crippen LogP contribution in [0.4, 0.5) is 0 Å². The molecule has 3 nitrogen and oxygen atoms in total. The molecule has 0 aromatic carbocycles. The molecule has 0 aromatic rings. The van der Waals surface area contributed by atoms with Crippen LogP contribution in [0.1, 0.15) is 46.5 Å². The van der Waals surface area contributed by atoms with Crippen LogP contribution in [0.2, 0.25) is 0 Å². The molecule has 0 radical (unpaired) electrons. The Labute approximate surface area is 99.4 Å². The molecule has 0 bridgehead atoms. The number of hydrogen-bond donors (Lipinski definition) is 2. The summed E-state index contributed by atoms with van der Waals surface area (Å²) in [5, 5.41) is 10.6. The Morgan fingerprint density at radius 1 is 1.44 bits per heavy atom. The molecule has 16 heavy (non-hydrogen) atoms. The van der Waals surface area contributed by atoms with Crippen LogP contribution in [0.5, 0.6) is 0 Å². The Morgan fingerprint density at radius 3 is 2.44 bits per heavy atom. The topological polar surface area (TPSA) is 55.5 Å². The van der Waals surface area contributed by atoms with E-state index in [0.717, 1.165) is 18.8 Å². The van der Waals surface area contributed by atoms with Gasteiger partial charge in [0.25, 0.3) is 0 Å². The van der Waals surface area contributed by atoms with E-state index in [1.54, 1.807) is 0 Å². The smallest absolute Gasteiger partial charge is 0.0919 e. The number of hydrogen-bond acceptors (Lipinski definition) is 3. The van der Waals surface area contributed by atoms with Crippen molar-refractivity contribution in [3.05, 3.63) is 0 Å². The molecule has 0 saturated heterocycles. The van der Waals surface area contributed by atoms with Gasteiger partial charge in [-0.05, 0) is 32.6 Å². The molecule has 1 saturated carbocycles. The zero-order valence-electron chi connectivity index (χ0n) is 11.0. The van der Waals surface area contributed by atoms with E-state index in [2.05, 4.69) is 6.92 Å². The standard InChI is InChI=1S/C13H27NO2/c1-4-16-10-12(3,15)13(9-14)7-5-11(2)6-8-13/h11,15H,4-10,14H2,1-3H3. The van der Waals surface area contributed by atoms with Crippen LogP contribution in [-0.4, -0.2) is 30.5 Å². The lowest BCUT2D eigenvalue weighted by molar-refractivity contribution is -0.132. The molecule has 1 aliphatic carbocycles. The van der Waals surface area contributed by atoms with E-state index in [1.165, 1.54) is 12.8 Å². The Hall–Kier alpha value is -0.120. The van der Waals surface area contributed by atoms with Gasteiger partial charge in [0.15, 0.2) is 0 Å². The molecule has 1 fully saturated rings. The number of ether oxygens (including phenoxy) is 1. The zero-order chi connectivity index (χ0) is 12.2. The quantitative estimate of drug-likeness (QED) is 0.757. The van der Waals surface area contributed by atoms with Gasteiger partial charge in [-0.25, -0.2) is 0 Å². The fourth-order valence-corrected chi connectivity index (χ4v) is 2.73. The van der Waals surface area contributed by atoms with Gasteiger partial charge in [-0.15, -0.1) is 0 Å². The van der Waals surface area contributed by atoms with Gasteiger partial charge in [0.05, 0.1) is 12.2 Å². The van der Waals surface area contributed by atoms with Crippen LogP contribution >= 0.6 is 0 Å². The van der Waals surface area contributed by atoms with Crippen LogP contribution in [0.25, 0.3) is 0 Å². The van der Waals surface area contributed by atoms with Crippen molar-refractivity contribution < 1.29 is 9.84 Å². The molecule has 96 valence electrons. The first-order chi connectivity index (χ1) is 7.47. The van der Waals surface area contributed by atoms with E-state index >= 15 is 0 Å². The van der Waals surface area contributed by atoms with Crippen LogP contribution in [0.3, 0.4) is 0 Å². The summed E-state index contributed by atoms with van der Waals surface area (Å²) in [7, 11) is 0. The fourth-order valence-electron chi connectivity index (χ4n) is 2.73. The van der Waals surface area contributed by atoms with Gasteiger partial charge in [-0.3, -0.25) is 0 Å². The highest BCUT2D eigenvalue weighted by Gasteiger charge is 2.47. The lowest BCUT2D eigenvalue weighted by Crippen LogP contribution is -2.55. The molecule has 0 aromatic heterocycles. The van der Waals surface area contributed by atoms with Crippen molar-refractivity contribution in [1.29, 1.82) is 0 Å². The Balaban J connectivity index is 2.70. The molecule has 0 amide bonds. The summed E-state index contributed by atoms with van der Waals surface area (Å²) in [6.45, 7) is 7.71. The summed E-state index contributed by atoms with van der Waals surface area (Å²) in [5.41, 5.74) is 4.99. The van der Waals surface area contributed by atoms with Crippen LogP contribution in [0, 0.1) is 11.3 Å². The number of rotatable bonds is 5. The summed E-state index contributed by atoms with van der Waals surface area (Å²) in [6.07, 6.45) is 4.37. The van der Waals surface area contributed by atoms with Crippen molar-refractivity contribution in [3.8, 4) is 0 Å². The predicted octanol–water partition coefficient (Wildman–Crippen LogP) is 1.93. The monoisotopic (exact) mass is 229 g/mol. The van der Waals surface area contributed by atoms with Gasteiger partial charge >= 0.3 is 0 Å². The number of aliphatic hydroxyl groups is 1. The summed E-state index contributed by atoms with van der Waals surface area (Å²) in [4.78, 5) is 0. The molecular formula is C13H27NO2. The van der Waals surface area contributed by atoms with Gasteiger partial charge in [0.1, 0.15) is 0 Å². The lowest BCUT2D eigenvalue weighted by Gasteiger charge is -2.48. The van der Waals surface area contributed by atoms with E-state index in [9.17, 15) is 5.11 Å². The van der Waals surface area contributed by atoms with Crippen molar-refractivity contribution >= 4 is 0 Å². The maximum absolute atomic E-state index is 10.6. The highest BCUT2D eigenvalue weighted by Crippen LogP contribution is 2.45. The minimum Gasteiger partial charge on any atom is -0.387 e. The fraction of sp³-hybridized carbons (Fsp3) is 1.00. The maximum Gasteiger partial charge on any atom is 0.0919 e. The van der Waals surface area contributed by atoms with Crippen LogP contribution < -0.4 is 5.73 Å². The van der Waals surface area contributed by atoms with Gasteiger partial charge < -0.3 is 15.6 Å². The molecule has 0 heterocycles. The van der Waals surface area contributed by atoms with Gasteiger partial charge in [0, 0.05) is 18.6 Å². The molecule has 3 N–H and O–H groups in total. The average Bonchev–Trinajstić information content (AvgIpc) is 2.27. The summed E-state index contributed by atoms with van der Waals surface area (Å²) < 4.78 is 5.40. The first-order valence-electron chi connectivity index (χ1n) is 6.47. The summed E-state index contributed by atoms with van der Waals surface area (Å²) in [5.74, 6) is 0.766. The minimum atomic E-state index is -0.794. The second-order valence-corrected chi connectivity index (χ2v) is 5.58. The molecule has 1 rings (SSSR count). The largest absolute Gasteiger partial charge is 0.387 e. The Kier molecular flexibility index (Phi) is 4.77. The minimum absolute atomic E-state index is 0.144. The summed E-state index contributed by atoms with van der Waals surface area (Å²) in [6, 6.07) is 0. The van der Waals surface area contributed by atoms with Crippen LogP contribution in [-0.2, 0) is 4.74 Å². The van der Waals surface area contributed by atoms with E-state index in [4.69, 9.17) is 10.5 Å². The van der Waals surface area contributed by atoms with E-state index < -0.39 is 5.60 Å². The third kappa shape index (κ3) is 2.76. The van der Waals surface area contributed by atoms with Crippen molar-refractivity contribution in [3.63, 3.8) is 0 Å².